The fraction of sp³-hybridized carbons (Fsp3) is 0.300. The highest BCUT2D eigenvalue weighted by Gasteiger charge is 2.00. The van der Waals surface area contributed by atoms with Gasteiger partial charge in [-0.05, 0) is 13.0 Å². The van der Waals surface area contributed by atoms with Gasteiger partial charge in [-0.25, -0.2) is 4.79 Å². The molecule has 0 amide bonds. The molecule has 15 heavy (non-hydrogen) atoms. The Kier molecular flexibility index (Phi) is 6.31. The first-order valence-corrected chi connectivity index (χ1v) is 4.12. The summed E-state index contributed by atoms with van der Waals surface area (Å²) in [5.41, 5.74) is 0.279. The lowest BCUT2D eigenvalue weighted by molar-refractivity contribution is -0.141. The van der Waals surface area contributed by atoms with Crippen LogP contribution < -0.4 is 0 Å². The number of hydrogen-bond acceptors (Lipinski definition) is 5. The summed E-state index contributed by atoms with van der Waals surface area (Å²) in [6, 6.07) is 1.65. The van der Waals surface area contributed by atoms with Gasteiger partial charge in [-0.15, -0.1) is 0 Å². The second-order valence-electron chi connectivity index (χ2n) is 2.58. The third-order valence-electron chi connectivity index (χ3n) is 1.18. The van der Waals surface area contributed by atoms with Crippen molar-refractivity contribution in [3.63, 3.8) is 0 Å². The molecule has 0 rings (SSSR count). The van der Waals surface area contributed by atoms with Crippen molar-refractivity contribution in [2.24, 2.45) is 0 Å². The van der Waals surface area contributed by atoms with Crippen LogP contribution in [0.2, 0.25) is 0 Å². The van der Waals surface area contributed by atoms with Crippen molar-refractivity contribution >= 4 is 11.9 Å². The average molecular weight is 209 g/mol. The van der Waals surface area contributed by atoms with Crippen LogP contribution >= 0.6 is 0 Å². The first-order chi connectivity index (χ1) is 7.07. The smallest absolute Gasteiger partial charge is 0.337 e. The lowest BCUT2D eigenvalue weighted by Gasteiger charge is -1.98. The van der Waals surface area contributed by atoms with Crippen LogP contribution in [0.3, 0.4) is 0 Å². The summed E-state index contributed by atoms with van der Waals surface area (Å²) in [5.74, 6) is -1.16. The fourth-order valence-corrected chi connectivity index (χ4v) is 0.506. The maximum absolute atomic E-state index is 10.8. The molecule has 0 aromatic heterocycles. The molecule has 80 valence electrons. The Morgan fingerprint density at radius 3 is 2.73 bits per heavy atom. The molecule has 0 aliphatic rings. The first-order valence-electron chi connectivity index (χ1n) is 4.12. The number of ether oxygens (including phenoxy) is 2. The van der Waals surface area contributed by atoms with Gasteiger partial charge in [0.05, 0.1) is 12.3 Å². The van der Waals surface area contributed by atoms with Crippen LogP contribution in [0.5, 0.6) is 0 Å². The molecule has 0 spiro atoms. The van der Waals surface area contributed by atoms with E-state index in [9.17, 15) is 9.59 Å². The molecule has 0 saturated heterocycles. The molecule has 5 nitrogen and oxygen atoms in total. The van der Waals surface area contributed by atoms with Crippen molar-refractivity contribution in [2.45, 2.75) is 13.3 Å². The monoisotopic (exact) mass is 209 g/mol. The Labute approximate surface area is 87.6 Å². The molecule has 0 aliphatic carbocycles. The van der Waals surface area contributed by atoms with E-state index < -0.39 is 11.9 Å². The fourth-order valence-electron chi connectivity index (χ4n) is 0.506. The molecule has 0 radical (unpaired) electrons. The summed E-state index contributed by atoms with van der Waals surface area (Å²) >= 11 is 0. The number of carbonyl (C=O) groups is 2. The molecule has 0 aliphatic heterocycles. The second-order valence-corrected chi connectivity index (χ2v) is 2.58. The van der Waals surface area contributed by atoms with Gasteiger partial charge < -0.3 is 9.47 Å². The lowest BCUT2D eigenvalue weighted by Crippen LogP contribution is -2.03. The van der Waals surface area contributed by atoms with E-state index in [0.717, 1.165) is 6.26 Å². The van der Waals surface area contributed by atoms with Gasteiger partial charge in [0, 0.05) is 5.57 Å². The van der Waals surface area contributed by atoms with Crippen molar-refractivity contribution in [3.05, 3.63) is 24.5 Å². The van der Waals surface area contributed by atoms with E-state index >= 15 is 0 Å². The van der Waals surface area contributed by atoms with Crippen molar-refractivity contribution in [1.82, 2.24) is 0 Å². The minimum atomic E-state index is -0.617. The maximum atomic E-state index is 10.8. The highest BCUT2D eigenvalue weighted by Crippen LogP contribution is 1.92. The van der Waals surface area contributed by atoms with Gasteiger partial charge in [0.15, 0.2) is 0 Å². The predicted molar refractivity (Wildman–Crippen MR) is 51.2 cm³/mol. The Morgan fingerprint density at radius 2 is 2.20 bits per heavy atom. The minimum absolute atomic E-state index is 0.0377. The van der Waals surface area contributed by atoms with E-state index in [1.54, 1.807) is 6.07 Å². The zero-order chi connectivity index (χ0) is 11.7. The maximum Gasteiger partial charge on any atom is 0.337 e. The van der Waals surface area contributed by atoms with Crippen molar-refractivity contribution in [3.8, 4) is 6.07 Å². The van der Waals surface area contributed by atoms with E-state index in [1.807, 2.05) is 0 Å². The molecule has 5 heteroatoms. The lowest BCUT2D eigenvalue weighted by atomic mass is 10.4. The van der Waals surface area contributed by atoms with Gasteiger partial charge in [0.1, 0.15) is 13.0 Å². The van der Waals surface area contributed by atoms with E-state index in [-0.39, 0.29) is 18.6 Å². The molecule has 0 N–H and O–H groups in total. The summed E-state index contributed by atoms with van der Waals surface area (Å²) in [7, 11) is 0. The number of rotatable bonds is 5. The molecule has 0 unspecified atom stereocenters. The minimum Gasteiger partial charge on any atom is -0.461 e. The highest BCUT2D eigenvalue weighted by molar-refractivity contribution is 5.87. The normalized spacial score (nSPS) is 9.33. The summed E-state index contributed by atoms with van der Waals surface area (Å²) in [4.78, 5) is 21.5. The van der Waals surface area contributed by atoms with Gasteiger partial charge in [-0.2, -0.15) is 5.26 Å². The predicted octanol–water partition coefficient (Wildman–Crippen LogP) is 1.08. The summed E-state index contributed by atoms with van der Waals surface area (Å²) in [6.07, 6.45) is 2.16. The van der Waals surface area contributed by atoms with Gasteiger partial charge in [0.25, 0.3) is 0 Å². The zero-order valence-corrected chi connectivity index (χ0v) is 8.36. The highest BCUT2D eigenvalue weighted by atomic mass is 16.5. The number of carbonyl (C=O) groups excluding carboxylic acids is 2. The largest absolute Gasteiger partial charge is 0.461 e. The summed E-state index contributed by atoms with van der Waals surface area (Å²) < 4.78 is 9.13. The molecule has 0 heterocycles. The third kappa shape index (κ3) is 7.02. The summed E-state index contributed by atoms with van der Waals surface area (Å²) in [5, 5.41) is 8.13. The zero-order valence-electron chi connectivity index (χ0n) is 8.36. The standard InChI is InChI=1S/C10H11NO4/c1-8(2)10(13)15-7-3-6-14-9(12)4-5-11/h3,7H,1,4,6H2,2H3. The molecular formula is C10H11NO4. The van der Waals surface area contributed by atoms with Crippen LogP contribution in [0, 0.1) is 11.3 Å². The number of hydrogen-bond donors (Lipinski definition) is 0. The van der Waals surface area contributed by atoms with Crippen LogP contribution in [0.4, 0.5) is 0 Å². The van der Waals surface area contributed by atoms with E-state index in [2.05, 4.69) is 16.1 Å². The molecule has 0 fully saturated rings. The van der Waals surface area contributed by atoms with Gasteiger partial charge in [-0.3, -0.25) is 4.79 Å². The molecular weight excluding hydrogens is 198 g/mol. The van der Waals surface area contributed by atoms with Crippen LogP contribution in [0.25, 0.3) is 0 Å². The first kappa shape index (κ1) is 12.9. The number of nitriles is 1. The number of nitrogens with zero attached hydrogens (tertiary/aromatic N) is 1. The molecule has 0 bridgehead atoms. The van der Waals surface area contributed by atoms with E-state index in [1.165, 1.54) is 13.0 Å². The molecule has 0 aromatic carbocycles. The van der Waals surface area contributed by atoms with Gasteiger partial charge >= 0.3 is 11.9 Å². The molecule has 0 saturated carbocycles. The van der Waals surface area contributed by atoms with Crippen molar-refractivity contribution in [2.75, 3.05) is 6.61 Å². The third-order valence-corrected chi connectivity index (χ3v) is 1.18. The topological polar surface area (TPSA) is 76.4 Å². The van der Waals surface area contributed by atoms with Crippen LogP contribution in [-0.2, 0) is 19.1 Å². The Bertz CT molecular complexity index is 325. The Morgan fingerprint density at radius 1 is 1.53 bits per heavy atom. The average Bonchev–Trinajstić information content (AvgIpc) is 2.17. The quantitative estimate of drug-likeness (QED) is 0.384. The number of esters is 2. The van der Waals surface area contributed by atoms with Crippen LogP contribution in [0.1, 0.15) is 13.3 Å². The van der Waals surface area contributed by atoms with Crippen molar-refractivity contribution < 1.29 is 19.1 Å². The van der Waals surface area contributed by atoms with E-state index in [4.69, 9.17) is 5.26 Å². The Balaban J connectivity index is 3.65. The van der Waals surface area contributed by atoms with Crippen LogP contribution in [0.15, 0.2) is 24.5 Å². The van der Waals surface area contributed by atoms with Gasteiger partial charge in [-0.1, -0.05) is 6.58 Å². The summed E-state index contributed by atoms with van der Waals surface area (Å²) in [6.45, 7) is 4.86. The van der Waals surface area contributed by atoms with Gasteiger partial charge in [0.2, 0.25) is 0 Å². The van der Waals surface area contributed by atoms with Crippen molar-refractivity contribution in [1.29, 1.82) is 5.26 Å². The Hall–Kier alpha value is -2.09. The SMILES string of the molecule is C=C(C)C(=O)OC=CCOC(=O)CC#N. The van der Waals surface area contributed by atoms with E-state index in [0.29, 0.717) is 0 Å². The molecule has 0 aromatic rings. The molecule has 0 atom stereocenters. The second kappa shape index (κ2) is 7.33. The van der Waals surface area contributed by atoms with Crippen LogP contribution in [-0.4, -0.2) is 18.5 Å².